The van der Waals surface area contributed by atoms with Gasteiger partial charge in [-0.1, -0.05) is 30.3 Å². The maximum atomic E-state index is 13.5. The number of amides is 1. The maximum absolute atomic E-state index is 13.5. The largest absolute Gasteiger partial charge is 0.396 e. The fraction of sp³-hybridized carbons (Fsp3) is 0.316. The lowest BCUT2D eigenvalue weighted by Gasteiger charge is -2.24. The van der Waals surface area contributed by atoms with Crippen molar-refractivity contribution in [1.29, 1.82) is 0 Å². The van der Waals surface area contributed by atoms with Crippen LogP contribution in [0, 0.1) is 12.7 Å². The lowest BCUT2D eigenvalue weighted by atomic mass is 10.1. The van der Waals surface area contributed by atoms with Crippen molar-refractivity contribution >= 4 is 11.6 Å². The Morgan fingerprint density at radius 3 is 2.62 bits per heavy atom. The second-order valence-electron chi connectivity index (χ2n) is 5.69. The molecule has 0 aliphatic carbocycles. The van der Waals surface area contributed by atoms with Crippen LogP contribution in [0.25, 0.3) is 0 Å². The van der Waals surface area contributed by atoms with Crippen molar-refractivity contribution < 1.29 is 14.3 Å². The number of aryl methyl sites for hydroxylation is 1. The van der Waals surface area contributed by atoms with Crippen LogP contribution in [0.1, 0.15) is 17.5 Å². The summed E-state index contributed by atoms with van der Waals surface area (Å²) < 4.78 is 13.5. The number of rotatable bonds is 8. The lowest BCUT2D eigenvalue weighted by Crippen LogP contribution is -2.37. The van der Waals surface area contributed by atoms with E-state index >= 15 is 0 Å². The molecule has 5 heteroatoms. The number of para-hydroxylation sites is 1. The van der Waals surface area contributed by atoms with Crippen LogP contribution in [0.2, 0.25) is 0 Å². The molecule has 0 bridgehead atoms. The molecule has 1 amide bonds. The summed E-state index contributed by atoms with van der Waals surface area (Å²) in [6, 6.07) is 14.5. The zero-order valence-corrected chi connectivity index (χ0v) is 13.8. The van der Waals surface area contributed by atoms with Crippen LogP contribution in [0.5, 0.6) is 0 Å². The van der Waals surface area contributed by atoms with E-state index in [0.29, 0.717) is 25.1 Å². The highest BCUT2D eigenvalue weighted by Crippen LogP contribution is 2.13. The van der Waals surface area contributed by atoms with Gasteiger partial charge in [0.1, 0.15) is 5.82 Å². The van der Waals surface area contributed by atoms with E-state index in [1.165, 1.54) is 6.07 Å². The summed E-state index contributed by atoms with van der Waals surface area (Å²) in [5.41, 5.74) is 2.25. The highest BCUT2D eigenvalue weighted by atomic mass is 19.1. The summed E-state index contributed by atoms with van der Waals surface area (Å²) in [7, 11) is 0. The van der Waals surface area contributed by atoms with E-state index in [0.717, 1.165) is 11.3 Å². The Hall–Kier alpha value is -2.40. The molecule has 0 aliphatic heterocycles. The van der Waals surface area contributed by atoms with Crippen LogP contribution < -0.4 is 10.2 Å². The summed E-state index contributed by atoms with van der Waals surface area (Å²) in [6.07, 6.45) is 0.589. The molecule has 0 atom stereocenters. The number of benzene rings is 2. The summed E-state index contributed by atoms with van der Waals surface area (Å²) in [5.74, 6) is -0.409. The number of hydrogen-bond acceptors (Lipinski definition) is 3. The number of anilines is 1. The van der Waals surface area contributed by atoms with E-state index in [1.54, 1.807) is 19.1 Å². The minimum Gasteiger partial charge on any atom is -0.396 e. The van der Waals surface area contributed by atoms with Crippen molar-refractivity contribution in [3.05, 3.63) is 65.5 Å². The van der Waals surface area contributed by atoms with E-state index in [-0.39, 0.29) is 24.9 Å². The van der Waals surface area contributed by atoms with Gasteiger partial charge in [0.15, 0.2) is 0 Å². The highest BCUT2D eigenvalue weighted by molar-refractivity contribution is 5.81. The third-order valence-electron chi connectivity index (χ3n) is 3.77. The molecule has 2 aromatic carbocycles. The summed E-state index contributed by atoms with van der Waals surface area (Å²) in [5, 5.41) is 11.8. The number of hydrogen-bond donors (Lipinski definition) is 2. The first kappa shape index (κ1) is 17.9. The van der Waals surface area contributed by atoms with Gasteiger partial charge in [-0.05, 0) is 42.7 Å². The molecule has 0 radical (unpaired) electrons. The average Bonchev–Trinajstić information content (AvgIpc) is 2.60. The van der Waals surface area contributed by atoms with Gasteiger partial charge in [-0.25, -0.2) is 4.39 Å². The third-order valence-corrected chi connectivity index (χ3v) is 3.77. The molecular weight excluding hydrogens is 307 g/mol. The predicted octanol–water partition coefficient (Wildman–Crippen LogP) is 2.64. The molecule has 0 spiro atoms. The molecule has 0 saturated carbocycles. The van der Waals surface area contributed by atoms with E-state index in [2.05, 4.69) is 5.32 Å². The van der Waals surface area contributed by atoms with E-state index < -0.39 is 0 Å². The van der Waals surface area contributed by atoms with Crippen molar-refractivity contribution in [2.75, 3.05) is 24.6 Å². The van der Waals surface area contributed by atoms with Crippen molar-refractivity contribution in [3.63, 3.8) is 0 Å². The van der Waals surface area contributed by atoms with Crippen LogP contribution in [0.3, 0.4) is 0 Å². The van der Waals surface area contributed by atoms with Crippen molar-refractivity contribution in [2.24, 2.45) is 0 Å². The zero-order chi connectivity index (χ0) is 17.4. The van der Waals surface area contributed by atoms with Gasteiger partial charge in [-0.2, -0.15) is 0 Å². The predicted molar refractivity (Wildman–Crippen MR) is 93.3 cm³/mol. The molecule has 0 saturated heterocycles. The molecule has 0 unspecified atom stereocenters. The minimum absolute atomic E-state index is 0.0770. The number of aliphatic hydroxyl groups is 1. The Balaban J connectivity index is 1.93. The monoisotopic (exact) mass is 330 g/mol. The normalized spacial score (nSPS) is 10.5. The van der Waals surface area contributed by atoms with Crippen LogP contribution in [-0.2, 0) is 11.3 Å². The average molecular weight is 330 g/mol. The number of nitrogens with one attached hydrogen (secondary N) is 1. The molecule has 0 aromatic heterocycles. The fourth-order valence-corrected chi connectivity index (χ4v) is 2.38. The summed E-state index contributed by atoms with van der Waals surface area (Å²) in [6.45, 7) is 2.86. The van der Waals surface area contributed by atoms with Crippen molar-refractivity contribution in [2.45, 2.75) is 19.9 Å². The number of halogens is 1. The molecule has 24 heavy (non-hydrogen) atoms. The van der Waals surface area contributed by atoms with Gasteiger partial charge in [0.2, 0.25) is 5.91 Å². The molecular formula is C19H23FN2O2. The number of nitrogens with zero attached hydrogens (tertiary/aromatic N) is 1. The molecule has 4 nitrogen and oxygen atoms in total. The van der Waals surface area contributed by atoms with Gasteiger partial charge >= 0.3 is 0 Å². The Kier molecular flexibility index (Phi) is 6.75. The van der Waals surface area contributed by atoms with Crippen LogP contribution >= 0.6 is 0 Å². The second kappa shape index (κ2) is 9.03. The lowest BCUT2D eigenvalue weighted by molar-refractivity contribution is -0.119. The molecule has 2 aromatic rings. The first-order valence-electron chi connectivity index (χ1n) is 8.02. The minimum atomic E-state index is -0.268. The third kappa shape index (κ3) is 5.35. The molecule has 128 valence electrons. The molecule has 2 N–H and O–H groups in total. The van der Waals surface area contributed by atoms with Crippen molar-refractivity contribution in [1.82, 2.24) is 5.32 Å². The highest BCUT2D eigenvalue weighted by Gasteiger charge is 2.11. The topological polar surface area (TPSA) is 52.6 Å². The fourth-order valence-electron chi connectivity index (χ4n) is 2.38. The molecule has 0 heterocycles. The maximum Gasteiger partial charge on any atom is 0.239 e. The Bertz CT molecular complexity index is 662. The Morgan fingerprint density at radius 2 is 1.96 bits per heavy atom. The number of carbonyl (C=O) groups excluding carboxylic acids is 1. The van der Waals surface area contributed by atoms with Gasteiger partial charge in [0.25, 0.3) is 0 Å². The van der Waals surface area contributed by atoms with Gasteiger partial charge in [-0.15, -0.1) is 0 Å². The molecule has 0 aliphatic rings. The van der Waals surface area contributed by atoms with Crippen LogP contribution in [0.15, 0.2) is 48.5 Å². The van der Waals surface area contributed by atoms with Crippen LogP contribution in [-0.4, -0.2) is 30.7 Å². The first-order chi connectivity index (χ1) is 11.6. The quantitative estimate of drug-likeness (QED) is 0.782. The van der Waals surface area contributed by atoms with Crippen molar-refractivity contribution in [3.8, 4) is 0 Å². The number of carbonyl (C=O) groups is 1. The summed E-state index contributed by atoms with van der Waals surface area (Å²) >= 11 is 0. The second-order valence-corrected chi connectivity index (χ2v) is 5.69. The van der Waals surface area contributed by atoms with Gasteiger partial charge in [0, 0.05) is 25.4 Å². The van der Waals surface area contributed by atoms with Crippen LogP contribution in [0.4, 0.5) is 10.1 Å². The Morgan fingerprint density at radius 1 is 1.21 bits per heavy atom. The zero-order valence-electron chi connectivity index (χ0n) is 13.8. The smallest absolute Gasteiger partial charge is 0.239 e. The Labute approximate surface area is 141 Å². The first-order valence-corrected chi connectivity index (χ1v) is 8.02. The van der Waals surface area contributed by atoms with Gasteiger partial charge in [0.05, 0.1) is 6.54 Å². The van der Waals surface area contributed by atoms with Gasteiger partial charge in [-0.3, -0.25) is 4.79 Å². The summed E-state index contributed by atoms with van der Waals surface area (Å²) in [4.78, 5) is 14.1. The van der Waals surface area contributed by atoms with E-state index in [4.69, 9.17) is 5.11 Å². The number of aliphatic hydroxyl groups excluding tert-OH is 1. The molecule has 2 rings (SSSR count). The SMILES string of the molecule is Cc1ccc(CNC(=O)CN(CCCO)c2ccccc2)cc1F. The molecule has 0 fully saturated rings. The van der Waals surface area contributed by atoms with Gasteiger partial charge < -0.3 is 15.3 Å². The van der Waals surface area contributed by atoms with E-state index in [9.17, 15) is 9.18 Å². The standard InChI is InChI=1S/C19H23FN2O2/c1-15-8-9-16(12-18(15)20)13-21-19(24)14-22(10-5-11-23)17-6-3-2-4-7-17/h2-4,6-9,12,23H,5,10-11,13-14H2,1H3,(H,21,24). The van der Waals surface area contributed by atoms with E-state index in [1.807, 2.05) is 35.2 Å².